The zero-order valence-electron chi connectivity index (χ0n) is 20.6. The van der Waals surface area contributed by atoms with Crippen LogP contribution >= 0.6 is 0 Å². The molecule has 1 spiro atoms. The van der Waals surface area contributed by atoms with E-state index >= 15 is 0 Å². The average Bonchev–Trinajstić information content (AvgIpc) is 3.20. The second kappa shape index (κ2) is 8.79. The van der Waals surface area contributed by atoms with Crippen LogP contribution in [0.25, 0.3) is 0 Å². The van der Waals surface area contributed by atoms with Gasteiger partial charge < -0.3 is 14.6 Å². The van der Waals surface area contributed by atoms with E-state index in [4.69, 9.17) is 4.42 Å². The van der Waals surface area contributed by atoms with E-state index in [1.807, 2.05) is 32.7 Å². The Morgan fingerprint density at radius 3 is 2.56 bits per heavy atom. The van der Waals surface area contributed by atoms with Crippen LogP contribution in [-0.4, -0.2) is 73.8 Å². The maximum Gasteiger partial charge on any atom is 0.257 e. The molecule has 2 aromatic heterocycles. The van der Waals surface area contributed by atoms with Gasteiger partial charge in [-0.15, -0.1) is 10.2 Å². The number of nitrogens with zero attached hydrogens (tertiary/aromatic N) is 6. The second-order valence-electron chi connectivity index (χ2n) is 10.7. The van der Waals surface area contributed by atoms with Crippen molar-refractivity contribution < 1.29 is 14.0 Å². The molecule has 1 saturated carbocycles. The van der Waals surface area contributed by atoms with Gasteiger partial charge in [-0.2, -0.15) is 5.10 Å². The van der Waals surface area contributed by atoms with Crippen molar-refractivity contribution in [2.24, 2.45) is 12.5 Å². The largest absolute Gasteiger partial charge is 0.423 e. The molecule has 3 fully saturated rings. The first-order valence-corrected chi connectivity index (χ1v) is 12.4. The molecule has 2 aliphatic heterocycles. The van der Waals surface area contributed by atoms with Crippen LogP contribution in [0.2, 0.25) is 0 Å². The number of carbonyl (C=O) groups is 2. The smallest absolute Gasteiger partial charge is 0.257 e. The van der Waals surface area contributed by atoms with Gasteiger partial charge in [-0.3, -0.25) is 19.2 Å². The molecule has 184 valence electrons. The van der Waals surface area contributed by atoms with E-state index in [0.29, 0.717) is 43.0 Å². The number of aryl methyl sites for hydroxylation is 1. The predicted octanol–water partition coefficient (Wildman–Crippen LogP) is 2.18. The lowest BCUT2D eigenvalue weighted by Crippen LogP contribution is -2.45. The molecule has 1 unspecified atom stereocenters. The Hall–Kier alpha value is -2.75. The maximum absolute atomic E-state index is 13.1. The van der Waals surface area contributed by atoms with Gasteiger partial charge in [0.2, 0.25) is 17.7 Å². The first-order chi connectivity index (χ1) is 16.2. The standard InChI is InChI=1S/C24H35N7O3/c1-15(2)21-27-28-22(34-21)19-11-24(14-31(19)13-20(32)26-17-5-6-17)7-9-30(10-8-24)23(33)18-12-25-29(4)16(18)3/h12,15,17,19H,5-11,13-14H2,1-4H3,(H,26,32). The minimum Gasteiger partial charge on any atom is -0.423 e. The van der Waals surface area contributed by atoms with Crippen LogP contribution in [0.4, 0.5) is 0 Å². The minimum absolute atomic E-state index is 0.0255. The third-order valence-electron chi connectivity index (χ3n) is 7.71. The van der Waals surface area contributed by atoms with Crippen molar-refractivity contribution in [1.82, 2.24) is 35.1 Å². The summed E-state index contributed by atoms with van der Waals surface area (Å²) in [5.74, 6) is 1.50. The lowest BCUT2D eigenvalue weighted by molar-refractivity contribution is -0.122. The summed E-state index contributed by atoms with van der Waals surface area (Å²) >= 11 is 0. The van der Waals surface area contributed by atoms with Gasteiger partial charge in [-0.05, 0) is 44.4 Å². The summed E-state index contributed by atoms with van der Waals surface area (Å²) in [7, 11) is 1.85. The number of nitrogens with one attached hydrogen (secondary N) is 1. The van der Waals surface area contributed by atoms with Crippen molar-refractivity contribution in [3.63, 3.8) is 0 Å². The van der Waals surface area contributed by atoms with Gasteiger partial charge in [0.05, 0.1) is 24.3 Å². The lowest BCUT2D eigenvalue weighted by Gasteiger charge is -2.39. The van der Waals surface area contributed by atoms with E-state index in [1.165, 1.54) is 0 Å². The number of carbonyl (C=O) groups excluding carboxylic acids is 2. The van der Waals surface area contributed by atoms with Crippen LogP contribution in [0.15, 0.2) is 10.6 Å². The number of likely N-dealkylation sites (tertiary alicyclic amines) is 2. The van der Waals surface area contributed by atoms with Crippen LogP contribution in [0, 0.1) is 12.3 Å². The van der Waals surface area contributed by atoms with Gasteiger partial charge >= 0.3 is 0 Å². The van der Waals surface area contributed by atoms with E-state index in [2.05, 4.69) is 25.5 Å². The van der Waals surface area contributed by atoms with Crippen molar-refractivity contribution >= 4 is 11.8 Å². The highest BCUT2D eigenvalue weighted by Gasteiger charge is 2.49. The third kappa shape index (κ3) is 4.47. The highest BCUT2D eigenvalue weighted by atomic mass is 16.4. The Labute approximate surface area is 200 Å². The molecule has 1 N–H and O–H groups in total. The summed E-state index contributed by atoms with van der Waals surface area (Å²) < 4.78 is 7.77. The highest BCUT2D eigenvalue weighted by molar-refractivity contribution is 5.95. The first kappa shape index (κ1) is 23.0. The lowest BCUT2D eigenvalue weighted by atomic mass is 9.76. The quantitative estimate of drug-likeness (QED) is 0.691. The molecule has 0 radical (unpaired) electrons. The van der Waals surface area contributed by atoms with Gasteiger partial charge in [0.25, 0.3) is 5.91 Å². The second-order valence-corrected chi connectivity index (χ2v) is 10.7. The summed E-state index contributed by atoms with van der Waals surface area (Å²) in [6.45, 7) is 8.51. The molecule has 10 heteroatoms. The molecular weight excluding hydrogens is 434 g/mol. The van der Waals surface area contributed by atoms with E-state index in [1.54, 1.807) is 10.9 Å². The summed E-state index contributed by atoms with van der Waals surface area (Å²) in [6, 6.07) is 0.261. The molecule has 0 aromatic carbocycles. The van der Waals surface area contributed by atoms with Gasteiger partial charge in [0.15, 0.2) is 0 Å². The number of piperidine rings is 1. The molecule has 1 aliphatic carbocycles. The molecular formula is C24H35N7O3. The van der Waals surface area contributed by atoms with Crippen molar-refractivity contribution in [2.45, 2.75) is 70.9 Å². The normalized spacial score (nSPS) is 22.6. The van der Waals surface area contributed by atoms with E-state index < -0.39 is 0 Å². The molecule has 1 atom stereocenters. The Balaban J connectivity index is 1.30. The molecule has 2 amide bonds. The first-order valence-electron chi connectivity index (χ1n) is 12.4. The van der Waals surface area contributed by atoms with E-state index in [9.17, 15) is 9.59 Å². The summed E-state index contributed by atoms with van der Waals surface area (Å²) in [5, 5.41) is 15.9. The summed E-state index contributed by atoms with van der Waals surface area (Å²) in [6.07, 6.45) is 6.44. The monoisotopic (exact) mass is 469 g/mol. The Bertz CT molecular complexity index is 1060. The summed E-state index contributed by atoms with van der Waals surface area (Å²) in [5.41, 5.74) is 1.59. The molecule has 34 heavy (non-hydrogen) atoms. The number of hydrogen-bond donors (Lipinski definition) is 1. The Morgan fingerprint density at radius 2 is 1.97 bits per heavy atom. The number of rotatable bonds is 6. The van der Waals surface area contributed by atoms with Crippen LogP contribution in [0.1, 0.15) is 85.7 Å². The van der Waals surface area contributed by atoms with Crippen molar-refractivity contribution in [2.75, 3.05) is 26.2 Å². The van der Waals surface area contributed by atoms with Crippen LogP contribution < -0.4 is 5.32 Å². The Morgan fingerprint density at radius 1 is 1.24 bits per heavy atom. The SMILES string of the molecule is Cc1c(C(=O)N2CCC3(CC2)CC(c2nnc(C(C)C)o2)N(CC(=O)NC2CC2)C3)cnn1C. The zero-order chi connectivity index (χ0) is 24.0. The van der Waals surface area contributed by atoms with E-state index in [-0.39, 0.29) is 29.2 Å². The maximum atomic E-state index is 13.1. The highest BCUT2D eigenvalue weighted by Crippen LogP contribution is 2.49. The average molecular weight is 470 g/mol. The summed E-state index contributed by atoms with van der Waals surface area (Å²) in [4.78, 5) is 29.9. The zero-order valence-corrected chi connectivity index (χ0v) is 20.6. The number of aromatic nitrogens is 4. The molecule has 2 aromatic rings. The molecule has 10 nitrogen and oxygen atoms in total. The third-order valence-corrected chi connectivity index (χ3v) is 7.71. The van der Waals surface area contributed by atoms with Crippen molar-refractivity contribution in [3.8, 4) is 0 Å². The van der Waals surface area contributed by atoms with Crippen LogP contribution in [0.5, 0.6) is 0 Å². The van der Waals surface area contributed by atoms with Crippen molar-refractivity contribution in [3.05, 3.63) is 29.2 Å². The molecule has 4 heterocycles. The molecule has 0 bridgehead atoms. The molecule has 3 aliphatic rings. The van der Waals surface area contributed by atoms with Gasteiger partial charge in [-0.25, -0.2) is 0 Å². The van der Waals surface area contributed by atoms with Gasteiger partial charge in [0, 0.05) is 44.3 Å². The van der Waals surface area contributed by atoms with Crippen molar-refractivity contribution in [1.29, 1.82) is 0 Å². The fourth-order valence-electron chi connectivity index (χ4n) is 5.28. The van der Waals surface area contributed by atoms with Gasteiger partial charge in [-0.1, -0.05) is 13.8 Å². The topological polar surface area (TPSA) is 109 Å². The fourth-order valence-corrected chi connectivity index (χ4v) is 5.28. The van der Waals surface area contributed by atoms with Gasteiger partial charge in [0.1, 0.15) is 0 Å². The fraction of sp³-hybridized carbons (Fsp3) is 0.708. The molecule has 2 saturated heterocycles. The van der Waals surface area contributed by atoms with Crippen LogP contribution in [-0.2, 0) is 11.8 Å². The minimum atomic E-state index is -0.0761. The van der Waals surface area contributed by atoms with E-state index in [0.717, 1.165) is 44.3 Å². The molecule has 5 rings (SSSR count). The predicted molar refractivity (Wildman–Crippen MR) is 124 cm³/mol. The number of amides is 2. The number of hydrogen-bond acceptors (Lipinski definition) is 7. The Kier molecular flexibility index (Phi) is 5.95. The van der Waals surface area contributed by atoms with Crippen LogP contribution in [0.3, 0.4) is 0 Å².